The van der Waals surface area contributed by atoms with Crippen molar-refractivity contribution < 1.29 is 14.6 Å². The van der Waals surface area contributed by atoms with Crippen LogP contribution >= 0.6 is 11.8 Å². The number of aliphatic hydroxyl groups is 1. The molecule has 4 heteroatoms. The fourth-order valence-corrected chi connectivity index (χ4v) is 3.74. The van der Waals surface area contributed by atoms with Crippen molar-refractivity contribution in [1.82, 2.24) is 0 Å². The Morgan fingerprint density at radius 2 is 1.95 bits per heavy atom. The van der Waals surface area contributed by atoms with Gasteiger partial charge in [0.25, 0.3) is 0 Å². The van der Waals surface area contributed by atoms with Crippen LogP contribution in [-0.4, -0.2) is 28.5 Å². The van der Waals surface area contributed by atoms with Gasteiger partial charge in [0.1, 0.15) is 5.44 Å². The van der Waals surface area contributed by atoms with Crippen molar-refractivity contribution in [2.24, 2.45) is 0 Å². The van der Waals surface area contributed by atoms with Gasteiger partial charge in [-0.1, -0.05) is 41.6 Å². The van der Waals surface area contributed by atoms with Crippen LogP contribution in [0.15, 0.2) is 46.9 Å². The summed E-state index contributed by atoms with van der Waals surface area (Å²) in [5.74, 6) is -0.571. The summed E-state index contributed by atoms with van der Waals surface area (Å²) >= 11 is 1.68. The number of hydrogen-bond acceptors (Lipinski definition) is 4. The van der Waals surface area contributed by atoms with Gasteiger partial charge in [0.2, 0.25) is 0 Å². The molecule has 3 atom stereocenters. The van der Waals surface area contributed by atoms with Crippen LogP contribution in [0.4, 0.5) is 0 Å². The van der Waals surface area contributed by atoms with Crippen LogP contribution in [-0.2, 0) is 9.47 Å². The summed E-state index contributed by atoms with van der Waals surface area (Å²) in [6.45, 7) is 7.88. The Morgan fingerprint density at radius 1 is 1.27 bits per heavy atom. The molecule has 0 bridgehead atoms. The number of allylic oxidation sites excluding steroid dienone is 1. The predicted octanol–water partition coefficient (Wildman–Crippen LogP) is 4.36. The third-order valence-electron chi connectivity index (χ3n) is 3.41. The molecule has 1 aliphatic heterocycles. The number of rotatable bonds is 6. The molecular formula is C18H26O3S. The minimum atomic E-state index is -0.571. The highest BCUT2D eigenvalue weighted by Gasteiger charge is 2.41. The van der Waals surface area contributed by atoms with Crippen LogP contribution in [0, 0.1) is 0 Å². The summed E-state index contributed by atoms with van der Waals surface area (Å²) < 4.78 is 12.0. The maximum Gasteiger partial charge on any atom is 0.164 e. The molecule has 2 rings (SSSR count). The molecule has 0 radical (unpaired) electrons. The van der Waals surface area contributed by atoms with Crippen molar-refractivity contribution in [3.8, 4) is 0 Å². The molecular weight excluding hydrogens is 296 g/mol. The molecule has 0 spiro atoms. The first-order valence-electron chi connectivity index (χ1n) is 7.76. The van der Waals surface area contributed by atoms with Crippen LogP contribution in [0.1, 0.15) is 40.5 Å². The first kappa shape index (κ1) is 17.5. The molecule has 1 heterocycles. The molecule has 1 aliphatic rings. The molecule has 122 valence electrons. The van der Waals surface area contributed by atoms with Gasteiger partial charge in [-0.2, -0.15) is 0 Å². The van der Waals surface area contributed by atoms with Crippen molar-refractivity contribution in [1.29, 1.82) is 0 Å². The van der Waals surface area contributed by atoms with Crippen LogP contribution in [0.2, 0.25) is 0 Å². The number of benzene rings is 1. The summed E-state index contributed by atoms with van der Waals surface area (Å²) in [6.07, 6.45) is 2.92. The van der Waals surface area contributed by atoms with Gasteiger partial charge >= 0.3 is 0 Å². The summed E-state index contributed by atoms with van der Waals surface area (Å²) in [5.41, 5.74) is 1.09. The van der Waals surface area contributed by atoms with Crippen molar-refractivity contribution in [3.05, 3.63) is 42.0 Å². The highest BCUT2D eigenvalue weighted by Crippen LogP contribution is 2.39. The third kappa shape index (κ3) is 5.43. The van der Waals surface area contributed by atoms with Crippen LogP contribution in [0.5, 0.6) is 0 Å². The lowest BCUT2D eigenvalue weighted by Gasteiger charge is -2.17. The fraction of sp³-hybridized carbons (Fsp3) is 0.556. The Morgan fingerprint density at radius 3 is 2.59 bits per heavy atom. The van der Waals surface area contributed by atoms with E-state index < -0.39 is 11.9 Å². The van der Waals surface area contributed by atoms with Gasteiger partial charge in [0.05, 0.1) is 12.2 Å². The molecule has 0 amide bonds. The number of ether oxygens (including phenoxy) is 2. The molecule has 1 N–H and O–H groups in total. The molecule has 1 aromatic carbocycles. The zero-order valence-electron chi connectivity index (χ0n) is 13.8. The van der Waals surface area contributed by atoms with Crippen LogP contribution < -0.4 is 0 Å². The highest BCUT2D eigenvalue weighted by atomic mass is 32.2. The first-order valence-corrected chi connectivity index (χ1v) is 8.64. The minimum absolute atomic E-state index is 0.0135. The largest absolute Gasteiger partial charge is 0.389 e. The summed E-state index contributed by atoms with van der Waals surface area (Å²) in [6, 6.07) is 10.2. The van der Waals surface area contributed by atoms with Gasteiger partial charge in [0, 0.05) is 4.90 Å². The Hall–Kier alpha value is -0.810. The van der Waals surface area contributed by atoms with Gasteiger partial charge in [-0.15, -0.1) is 0 Å². The lowest BCUT2D eigenvalue weighted by molar-refractivity contribution is -0.141. The van der Waals surface area contributed by atoms with Gasteiger partial charge in [-0.25, -0.2) is 0 Å². The normalized spacial score (nSPS) is 25.0. The lowest BCUT2D eigenvalue weighted by Crippen LogP contribution is -2.22. The fourth-order valence-electron chi connectivity index (χ4n) is 2.53. The van der Waals surface area contributed by atoms with Crippen molar-refractivity contribution >= 4 is 11.8 Å². The molecule has 1 fully saturated rings. The zero-order chi connectivity index (χ0) is 16.2. The summed E-state index contributed by atoms with van der Waals surface area (Å²) in [4.78, 5) is 1.17. The van der Waals surface area contributed by atoms with Crippen molar-refractivity contribution in [3.63, 3.8) is 0 Å². The third-order valence-corrected chi connectivity index (χ3v) is 4.58. The average molecular weight is 322 g/mol. The molecule has 0 aliphatic carbocycles. The van der Waals surface area contributed by atoms with Crippen LogP contribution in [0.3, 0.4) is 0 Å². The van der Waals surface area contributed by atoms with E-state index in [1.807, 2.05) is 52.0 Å². The topological polar surface area (TPSA) is 38.7 Å². The van der Waals surface area contributed by atoms with Gasteiger partial charge in [-0.05, 0) is 52.7 Å². The Kier molecular flexibility index (Phi) is 6.09. The summed E-state index contributed by atoms with van der Waals surface area (Å²) in [5, 5.41) is 10.0. The SMILES string of the molecule is CC(C)=CC(O)CC[C@H]1OC(C)(C)O[C@@H]1Sc1ccccc1. The van der Waals surface area contributed by atoms with Gasteiger partial charge < -0.3 is 14.6 Å². The number of hydrogen-bond donors (Lipinski definition) is 1. The minimum Gasteiger partial charge on any atom is -0.389 e. The molecule has 1 unspecified atom stereocenters. The number of thioether (sulfide) groups is 1. The van der Waals surface area contributed by atoms with Crippen molar-refractivity contribution in [2.75, 3.05) is 0 Å². The highest BCUT2D eigenvalue weighted by molar-refractivity contribution is 7.99. The monoisotopic (exact) mass is 322 g/mol. The van der Waals surface area contributed by atoms with Gasteiger partial charge in [0.15, 0.2) is 5.79 Å². The second-order valence-electron chi connectivity index (χ2n) is 6.36. The molecule has 0 aromatic heterocycles. The maximum atomic E-state index is 10.0. The quantitative estimate of drug-likeness (QED) is 0.790. The molecule has 22 heavy (non-hydrogen) atoms. The smallest absolute Gasteiger partial charge is 0.164 e. The maximum absolute atomic E-state index is 10.0. The lowest BCUT2D eigenvalue weighted by atomic mass is 10.1. The van der Waals surface area contributed by atoms with E-state index >= 15 is 0 Å². The van der Waals surface area contributed by atoms with E-state index in [4.69, 9.17) is 9.47 Å². The molecule has 3 nitrogen and oxygen atoms in total. The standard InChI is InChI=1S/C18H26O3S/c1-13(2)12-14(19)10-11-16-17(21-18(3,4)20-16)22-15-8-6-5-7-9-15/h5-9,12,14,16-17,19H,10-11H2,1-4H3/t14?,16-,17-/m1/s1. The van der Waals surface area contributed by atoms with Crippen molar-refractivity contribution in [2.45, 2.75) is 68.9 Å². The van der Waals surface area contributed by atoms with E-state index in [0.717, 1.165) is 12.0 Å². The van der Waals surface area contributed by atoms with E-state index in [-0.39, 0.29) is 11.5 Å². The Balaban J connectivity index is 1.96. The van der Waals surface area contributed by atoms with Gasteiger partial charge in [-0.3, -0.25) is 0 Å². The molecule has 1 aromatic rings. The van der Waals surface area contributed by atoms with E-state index in [0.29, 0.717) is 6.42 Å². The molecule has 1 saturated heterocycles. The molecule has 0 saturated carbocycles. The second-order valence-corrected chi connectivity index (χ2v) is 7.53. The Labute approximate surface area is 137 Å². The average Bonchev–Trinajstić information content (AvgIpc) is 2.71. The Bertz CT molecular complexity index is 494. The van der Waals surface area contributed by atoms with E-state index in [2.05, 4.69) is 12.1 Å². The van der Waals surface area contributed by atoms with Crippen LogP contribution in [0.25, 0.3) is 0 Å². The first-order chi connectivity index (χ1) is 10.4. The predicted molar refractivity (Wildman–Crippen MR) is 90.8 cm³/mol. The van der Waals surface area contributed by atoms with E-state index in [9.17, 15) is 5.11 Å². The van der Waals surface area contributed by atoms with E-state index in [1.165, 1.54) is 4.90 Å². The summed E-state index contributed by atoms with van der Waals surface area (Å²) in [7, 11) is 0. The zero-order valence-corrected chi connectivity index (χ0v) is 14.6. The number of aliphatic hydroxyl groups excluding tert-OH is 1. The second kappa shape index (κ2) is 7.64. The van der Waals surface area contributed by atoms with E-state index in [1.54, 1.807) is 11.8 Å².